The molecule has 1 saturated carbocycles. The smallest absolute Gasteiger partial charge is 0.242 e. The van der Waals surface area contributed by atoms with Gasteiger partial charge in [0, 0.05) is 25.3 Å². The van der Waals surface area contributed by atoms with Crippen LogP contribution in [0.1, 0.15) is 39.0 Å². The van der Waals surface area contributed by atoms with Gasteiger partial charge in [0.1, 0.15) is 0 Å². The third-order valence-electron chi connectivity index (χ3n) is 5.63. The molecule has 3 nitrogen and oxygen atoms in total. The second-order valence-electron chi connectivity index (χ2n) is 7.06. The highest BCUT2D eigenvalue weighted by molar-refractivity contribution is 5.81. The van der Waals surface area contributed by atoms with Crippen LogP contribution in [0.5, 0.6) is 0 Å². The molecule has 0 spiro atoms. The summed E-state index contributed by atoms with van der Waals surface area (Å²) in [6.45, 7) is 3.81. The fourth-order valence-corrected chi connectivity index (χ4v) is 4.29. The maximum atomic E-state index is 12.8. The van der Waals surface area contributed by atoms with E-state index in [2.05, 4.69) is 28.9 Å². The van der Waals surface area contributed by atoms with Crippen molar-refractivity contribution in [1.82, 2.24) is 4.90 Å². The van der Waals surface area contributed by atoms with Gasteiger partial charge < -0.3 is 9.80 Å². The minimum Gasteiger partial charge on any atom is -0.365 e. The zero-order chi connectivity index (χ0) is 15.5. The minimum atomic E-state index is 0.301. The average Bonchev–Trinajstić information content (AvgIpc) is 2.56. The monoisotopic (exact) mass is 300 g/mol. The number of benzene rings is 1. The molecule has 3 heteroatoms. The number of likely N-dealkylation sites (N-methyl/N-ethyl adjacent to an activating group) is 1. The van der Waals surface area contributed by atoms with E-state index in [1.54, 1.807) is 0 Å². The van der Waals surface area contributed by atoms with Gasteiger partial charge in [0.2, 0.25) is 5.91 Å². The Kier molecular flexibility index (Phi) is 4.70. The molecule has 0 bridgehead atoms. The van der Waals surface area contributed by atoms with Gasteiger partial charge in [-0.05, 0) is 43.2 Å². The number of hydrogen-bond donors (Lipinski definition) is 0. The van der Waals surface area contributed by atoms with Crippen LogP contribution < -0.4 is 4.90 Å². The van der Waals surface area contributed by atoms with E-state index in [1.165, 1.54) is 32.1 Å². The second-order valence-corrected chi connectivity index (χ2v) is 7.06. The topological polar surface area (TPSA) is 23.6 Å². The summed E-state index contributed by atoms with van der Waals surface area (Å²) in [5, 5.41) is 0. The summed E-state index contributed by atoms with van der Waals surface area (Å²) in [6, 6.07) is 10.7. The van der Waals surface area contributed by atoms with Crippen LogP contribution in [0.15, 0.2) is 30.3 Å². The lowest BCUT2D eigenvalue weighted by Crippen LogP contribution is -2.54. The van der Waals surface area contributed by atoms with E-state index >= 15 is 0 Å². The molecule has 0 aromatic heterocycles. The highest BCUT2D eigenvalue weighted by Gasteiger charge is 2.39. The summed E-state index contributed by atoms with van der Waals surface area (Å²) in [5.74, 6) is 1.81. The fraction of sp³-hybridized carbons (Fsp3) is 0.632. The van der Waals surface area contributed by atoms with Crippen LogP contribution in [-0.4, -0.2) is 37.0 Å². The number of piperidine rings is 1. The van der Waals surface area contributed by atoms with Crippen LogP contribution in [0.2, 0.25) is 0 Å². The number of fused-ring (bicyclic) bond motifs is 1. The van der Waals surface area contributed by atoms with Gasteiger partial charge in [-0.3, -0.25) is 4.79 Å². The number of rotatable bonds is 3. The predicted octanol–water partition coefficient (Wildman–Crippen LogP) is 3.55. The Hall–Kier alpha value is -1.51. The molecule has 2 fully saturated rings. The highest BCUT2D eigenvalue weighted by atomic mass is 16.2. The van der Waals surface area contributed by atoms with Crippen molar-refractivity contribution in [2.45, 2.75) is 45.1 Å². The van der Waals surface area contributed by atoms with Gasteiger partial charge in [0.05, 0.1) is 6.54 Å². The van der Waals surface area contributed by atoms with E-state index < -0.39 is 0 Å². The molecule has 3 atom stereocenters. The molecule has 1 aliphatic heterocycles. The lowest BCUT2D eigenvalue weighted by atomic mass is 9.72. The number of carbonyl (C=O) groups excluding carboxylic acids is 1. The van der Waals surface area contributed by atoms with Gasteiger partial charge in [-0.2, -0.15) is 0 Å². The third-order valence-corrected chi connectivity index (χ3v) is 5.63. The van der Waals surface area contributed by atoms with Crippen LogP contribution >= 0.6 is 0 Å². The lowest BCUT2D eigenvalue weighted by molar-refractivity contribution is -0.137. The molecule has 2 aliphatic rings. The van der Waals surface area contributed by atoms with Crippen molar-refractivity contribution < 1.29 is 4.79 Å². The lowest BCUT2D eigenvalue weighted by Gasteiger charge is -2.47. The second kappa shape index (κ2) is 6.72. The molecular formula is C19H28N2O. The van der Waals surface area contributed by atoms with E-state index in [-0.39, 0.29) is 0 Å². The minimum absolute atomic E-state index is 0.301. The number of nitrogens with zero attached hydrogens (tertiary/aromatic N) is 2. The summed E-state index contributed by atoms with van der Waals surface area (Å²) in [6.07, 6.45) is 6.31. The quantitative estimate of drug-likeness (QED) is 0.852. The number of para-hydroxylation sites is 1. The van der Waals surface area contributed by atoms with Crippen LogP contribution in [0.25, 0.3) is 0 Å². The fourth-order valence-electron chi connectivity index (χ4n) is 4.29. The number of anilines is 1. The Morgan fingerprint density at radius 2 is 1.91 bits per heavy atom. The summed E-state index contributed by atoms with van der Waals surface area (Å²) < 4.78 is 0. The Morgan fingerprint density at radius 1 is 1.18 bits per heavy atom. The third kappa shape index (κ3) is 3.13. The normalized spacial score (nSPS) is 28.1. The molecule has 3 rings (SSSR count). The standard InChI is InChI=1S/C19H28N2O/c1-15-12-13-21(18-11-7-6-10-17(15)18)19(22)14-20(2)16-8-4-3-5-9-16/h3-5,8-9,15,17-18H,6-7,10-14H2,1-2H3/t15-,17+,18+/m1/s1. The van der Waals surface area contributed by atoms with Gasteiger partial charge in [-0.25, -0.2) is 0 Å². The van der Waals surface area contributed by atoms with Gasteiger partial charge in [-0.1, -0.05) is 38.0 Å². The van der Waals surface area contributed by atoms with E-state index in [9.17, 15) is 4.79 Å². The highest BCUT2D eigenvalue weighted by Crippen LogP contribution is 2.38. The molecule has 22 heavy (non-hydrogen) atoms. The first kappa shape index (κ1) is 15.4. The van der Waals surface area contributed by atoms with Gasteiger partial charge in [-0.15, -0.1) is 0 Å². The molecule has 1 aromatic rings. The summed E-state index contributed by atoms with van der Waals surface area (Å²) in [5.41, 5.74) is 1.11. The number of amides is 1. The number of hydrogen-bond acceptors (Lipinski definition) is 2. The predicted molar refractivity (Wildman–Crippen MR) is 91.0 cm³/mol. The van der Waals surface area contributed by atoms with Crippen molar-refractivity contribution in [3.63, 3.8) is 0 Å². The van der Waals surface area contributed by atoms with Gasteiger partial charge >= 0.3 is 0 Å². The van der Waals surface area contributed by atoms with Crippen molar-refractivity contribution in [3.8, 4) is 0 Å². The first-order valence-corrected chi connectivity index (χ1v) is 8.72. The molecule has 0 N–H and O–H groups in total. The number of likely N-dealkylation sites (tertiary alicyclic amines) is 1. The zero-order valence-electron chi connectivity index (χ0n) is 13.9. The first-order chi connectivity index (χ1) is 10.7. The van der Waals surface area contributed by atoms with E-state index in [1.807, 2.05) is 25.2 Å². The van der Waals surface area contributed by atoms with Gasteiger partial charge in [0.15, 0.2) is 0 Å². The van der Waals surface area contributed by atoms with Crippen molar-refractivity contribution >= 4 is 11.6 Å². The van der Waals surface area contributed by atoms with Crippen molar-refractivity contribution in [2.75, 3.05) is 25.0 Å². The SMILES string of the molecule is C[C@@H]1CCN(C(=O)CN(C)c2ccccc2)[C@H]2CCCC[C@@H]12. The van der Waals surface area contributed by atoms with Gasteiger partial charge in [0.25, 0.3) is 0 Å². The zero-order valence-corrected chi connectivity index (χ0v) is 13.9. The largest absolute Gasteiger partial charge is 0.365 e. The van der Waals surface area contributed by atoms with Crippen LogP contribution in [0, 0.1) is 11.8 Å². The molecule has 1 saturated heterocycles. The summed E-state index contributed by atoms with van der Waals surface area (Å²) in [7, 11) is 2.01. The molecule has 1 amide bonds. The maximum Gasteiger partial charge on any atom is 0.242 e. The van der Waals surface area contributed by atoms with Crippen LogP contribution in [-0.2, 0) is 4.79 Å². The Morgan fingerprint density at radius 3 is 2.68 bits per heavy atom. The van der Waals surface area contributed by atoms with Crippen molar-refractivity contribution in [1.29, 1.82) is 0 Å². The molecular weight excluding hydrogens is 272 g/mol. The molecule has 1 aliphatic carbocycles. The molecule has 0 radical (unpaired) electrons. The first-order valence-electron chi connectivity index (χ1n) is 8.72. The van der Waals surface area contributed by atoms with Crippen molar-refractivity contribution in [3.05, 3.63) is 30.3 Å². The van der Waals surface area contributed by atoms with Crippen LogP contribution in [0.4, 0.5) is 5.69 Å². The average molecular weight is 300 g/mol. The Balaban J connectivity index is 1.66. The van der Waals surface area contributed by atoms with Crippen molar-refractivity contribution in [2.24, 2.45) is 11.8 Å². The molecule has 0 unspecified atom stereocenters. The summed E-state index contributed by atoms with van der Waals surface area (Å²) in [4.78, 5) is 17.1. The molecule has 1 aromatic carbocycles. The van der Waals surface area contributed by atoms with E-state index in [4.69, 9.17) is 0 Å². The Bertz CT molecular complexity index is 501. The Labute approximate surface area is 134 Å². The summed E-state index contributed by atoms with van der Waals surface area (Å²) >= 11 is 0. The molecule has 120 valence electrons. The van der Waals surface area contributed by atoms with Crippen LogP contribution in [0.3, 0.4) is 0 Å². The maximum absolute atomic E-state index is 12.8. The van der Waals surface area contributed by atoms with E-state index in [0.29, 0.717) is 18.5 Å². The number of carbonyl (C=O) groups is 1. The van der Waals surface area contributed by atoms with E-state index in [0.717, 1.165) is 24.1 Å². The molecule has 1 heterocycles.